The van der Waals surface area contributed by atoms with E-state index in [0.717, 1.165) is 17.0 Å². The summed E-state index contributed by atoms with van der Waals surface area (Å²) in [5.74, 6) is 0.591. The van der Waals surface area contributed by atoms with E-state index in [-0.39, 0.29) is 0 Å². The van der Waals surface area contributed by atoms with Crippen molar-refractivity contribution in [1.29, 1.82) is 0 Å². The van der Waals surface area contributed by atoms with Gasteiger partial charge in [-0.25, -0.2) is 4.99 Å². The quantitative estimate of drug-likeness (QED) is 0.632. The fraction of sp³-hybridized carbons (Fsp3) is 0.235. The highest BCUT2D eigenvalue weighted by molar-refractivity contribution is 7.14. The summed E-state index contributed by atoms with van der Waals surface area (Å²) in [5.41, 5.74) is 2.29. The maximum atomic E-state index is 4.81. The molecule has 0 bridgehead atoms. The molecule has 3 rings (SSSR count). The van der Waals surface area contributed by atoms with Gasteiger partial charge in [-0.15, -0.1) is 22.7 Å². The second-order valence-electron chi connectivity index (χ2n) is 5.33. The third-order valence-corrected chi connectivity index (χ3v) is 4.86. The van der Waals surface area contributed by atoms with Crippen LogP contribution in [0.5, 0.6) is 0 Å². The SMILES string of the molecule is CC(C)Cn1c(-c2cccs2)csc1=Nc1ccccc1. The summed E-state index contributed by atoms with van der Waals surface area (Å²) >= 11 is 3.50. The van der Waals surface area contributed by atoms with Gasteiger partial charge >= 0.3 is 0 Å². The van der Waals surface area contributed by atoms with Crippen LogP contribution in [-0.2, 0) is 6.54 Å². The number of thiazole rings is 1. The Morgan fingerprint density at radius 2 is 1.86 bits per heavy atom. The van der Waals surface area contributed by atoms with Crippen molar-refractivity contribution < 1.29 is 0 Å². The van der Waals surface area contributed by atoms with E-state index in [4.69, 9.17) is 4.99 Å². The summed E-state index contributed by atoms with van der Waals surface area (Å²) < 4.78 is 2.34. The molecule has 0 aliphatic heterocycles. The first-order valence-electron chi connectivity index (χ1n) is 7.06. The van der Waals surface area contributed by atoms with Crippen LogP contribution in [0.3, 0.4) is 0 Å². The van der Waals surface area contributed by atoms with Crippen LogP contribution in [0, 0.1) is 5.92 Å². The molecule has 0 N–H and O–H groups in total. The molecule has 0 atom stereocenters. The molecule has 0 radical (unpaired) electrons. The summed E-state index contributed by atoms with van der Waals surface area (Å²) in [6.45, 7) is 5.48. The Bertz CT molecular complexity index is 750. The summed E-state index contributed by atoms with van der Waals surface area (Å²) in [4.78, 5) is 7.19. The molecule has 0 unspecified atom stereocenters. The highest BCUT2D eigenvalue weighted by Crippen LogP contribution is 2.26. The number of thiophene rings is 1. The predicted octanol–water partition coefficient (Wildman–Crippen LogP) is 5.17. The normalized spacial score (nSPS) is 12.2. The molecule has 2 aromatic heterocycles. The molecule has 0 saturated carbocycles. The molecule has 108 valence electrons. The summed E-state index contributed by atoms with van der Waals surface area (Å²) in [6, 6.07) is 14.4. The zero-order chi connectivity index (χ0) is 14.7. The topological polar surface area (TPSA) is 17.3 Å². The van der Waals surface area contributed by atoms with E-state index in [2.05, 4.69) is 41.3 Å². The van der Waals surface area contributed by atoms with Crippen LogP contribution in [0.25, 0.3) is 10.6 Å². The van der Waals surface area contributed by atoms with Crippen molar-refractivity contribution in [3.63, 3.8) is 0 Å². The highest BCUT2D eigenvalue weighted by atomic mass is 32.1. The lowest BCUT2D eigenvalue weighted by Crippen LogP contribution is -2.18. The number of nitrogens with zero attached hydrogens (tertiary/aromatic N) is 2. The van der Waals surface area contributed by atoms with Crippen molar-refractivity contribution in [1.82, 2.24) is 4.57 Å². The monoisotopic (exact) mass is 314 g/mol. The molecule has 1 aromatic carbocycles. The largest absolute Gasteiger partial charge is 0.315 e. The molecule has 0 amide bonds. The van der Waals surface area contributed by atoms with Crippen molar-refractivity contribution in [2.75, 3.05) is 0 Å². The van der Waals surface area contributed by atoms with Gasteiger partial charge in [0.05, 0.1) is 16.3 Å². The Balaban J connectivity index is 2.11. The molecule has 0 aliphatic carbocycles. The Morgan fingerprint density at radius 1 is 1.05 bits per heavy atom. The highest BCUT2D eigenvalue weighted by Gasteiger charge is 2.10. The fourth-order valence-electron chi connectivity index (χ4n) is 2.20. The Morgan fingerprint density at radius 3 is 2.52 bits per heavy atom. The van der Waals surface area contributed by atoms with Gasteiger partial charge in [-0.2, -0.15) is 0 Å². The molecule has 0 fully saturated rings. The summed E-state index contributed by atoms with van der Waals surface area (Å²) in [6.07, 6.45) is 0. The average molecular weight is 314 g/mol. The van der Waals surface area contributed by atoms with E-state index in [1.54, 1.807) is 22.7 Å². The number of aromatic nitrogens is 1. The first kappa shape index (κ1) is 14.3. The van der Waals surface area contributed by atoms with Gasteiger partial charge in [0, 0.05) is 11.9 Å². The van der Waals surface area contributed by atoms with Crippen molar-refractivity contribution in [2.24, 2.45) is 10.9 Å². The van der Waals surface area contributed by atoms with Gasteiger partial charge in [0.15, 0.2) is 4.80 Å². The van der Waals surface area contributed by atoms with Gasteiger partial charge in [0.25, 0.3) is 0 Å². The molecular weight excluding hydrogens is 296 g/mol. The van der Waals surface area contributed by atoms with Crippen LogP contribution >= 0.6 is 22.7 Å². The third kappa shape index (κ3) is 3.34. The fourth-order valence-corrected chi connectivity index (χ4v) is 3.95. The van der Waals surface area contributed by atoms with Crippen molar-refractivity contribution in [3.8, 4) is 10.6 Å². The van der Waals surface area contributed by atoms with E-state index >= 15 is 0 Å². The van der Waals surface area contributed by atoms with Gasteiger partial charge in [0.2, 0.25) is 0 Å². The molecule has 0 aliphatic rings. The van der Waals surface area contributed by atoms with Crippen molar-refractivity contribution in [2.45, 2.75) is 20.4 Å². The zero-order valence-electron chi connectivity index (χ0n) is 12.2. The predicted molar refractivity (Wildman–Crippen MR) is 92.1 cm³/mol. The average Bonchev–Trinajstić information content (AvgIpc) is 3.10. The standard InChI is InChI=1S/C17H18N2S2/c1-13(2)11-19-15(16-9-6-10-20-16)12-21-17(19)18-14-7-4-3-5-8-14/h3-10,12-13H,11H2,1-2H3. The molecule has 4 heteroatoms. The summed E-state index contributed by atoms with van der Waals surface area (Å²) in [5, 5.41) is 4.34. The van der Waals surface area contributed by atoms with Crippen LogP contribution in [0.15, 0.2) is 58.2 Å². The zero-order valence-corrected chi connectivity index (χ0v) is 13.8. The van der Waals surface area contributed by atoms with Crippen LogP contribution in [0.1, 0.15) is 13.8 Å². The van der Waals surface area contributed by atoms with E-state index in [9.17, 15) is 0 Å². The Hall–Kier alpha value is -1.65. The molecule has 3 aromatic rings. The second kappa shape index (κ2) is 6.41. The minimum absolute atomic E-state index is 0.591. The lowest BCUT2D eigenvalue weighted by molar-refractivity contribution is 0.518. The third-order valence-electron chi connectivity index (χ3n) is 3.10. The minimum Gasteiger partial charge on any atom is -0.315 e. The van der Waals surface area contributed by atoms with Gasteiger partial charge in [0.1, 0.15) is 0 Å². The maximum absolute atomic E-state index is 4.81. The van der Waals surface area contributed by atoms with Gasteiger partial charge < -0.3 is 4.57 Å². The molecule has 0 spiro atoms. The summed E-state index contributed by atoms with van der Waals surface area (Å²) in [7, 11) is 0. The Labute approximate surface area is 133 Å². The molecule has 2 nitrogen and oxygen atoms in total. The number of para-hydroxylation sites is 1. The lowest BCUT2D eigenvalue weighted by atomic mass is 10.2. The molecule has 2 heterocycles. The van der Waals surface area contributed by atoms with E-state index < -0.39 is 0 Å². The van der Waals surface area contributed by atoms with E-state index in [1.165, 1.54) is 10.6 Å². The minimum atomic E-state index is 0.591. The number of benzene rings is 1. The lowest BCUT2D eigenvalue weighted by Gasteiger charge is -2.10. The number of rotatable bonds is 4. The van der Waals surface area contributed by atoms with Gasteiger partial charge in [-0.05, 0) is 29.5 Å². The van der Waals surface area contributed by atoms with Crippen LogP contribution in [0.4, 0.5) is 5.69 Å². The number of hydrogen-bond donors (Lipinski definition) is 0. The van der Waals surface area contributed by atoms with E-state index in [1.807, 2.05) is 30.3 Å². The van der Waals surface area contributed by atoms with Crippen LogP contribution in [0.2, 0.25) is 0 Å². The smallest absolute Gasteiger partial charge is 0.190 e. The van der Waals surface area contributed by atoms with Crippen molar-refractivity contribution in [3.05, 3.63) is 58.0 Å². The Kier molecular flexibility index (Phi) is 4.36. The maximum Gasteiger partial charge on any atom is 0.190 e. The molecule has 21 heavy (non-hydrogen) atoms. The van der Waals surface area contributed by atoms with E-state index in [0.29, 0.717) is 5.92 Å². The molecular formula is C17H18N2S2. The first-order chi connectivity index (χ1) is 10.2. The first-order valence-corrected chi connectivity index (χ1v) is 8.82. The van der Waals surface area contributed by atoms with Crippen LogP contribution < -0.4 is 4.80 Å². The second-order valence-corrected chi connectivity index (χ2v) is 7.12. The van der Waals surface area contributed by atoms with Crippen LogP contribution in [-0.4, -0.2) is 4.57 Å². The molecule has 0 saturated heterocycles. The van der Waals surface area contributed by atoms with Gasteiger partial charge in [-0.1, -0.05) is 38.1 Å². The van der Waals surface area contributed by atoms with Gasteiger partial charge in [-0.3, -0.25) is 0 Å². The van der Waals surface area contributed by atoms with Crippen molar-refractivity contribution >= 4 is 28.4 Å². The number of hydrogen-bond acceptors (Lipinski definition) is 3.